The zero-order valence-electron chi connectivity index (χ0n) is 7.34. The maximum atomic E-state index is 9.41. The number of carbonyl (C=O) groups is 2. The molecule has 0 amide bonds. The molecule has 0 aromatic carbocycles. The summed E-state index contributed by atoms with van der Waals surface area (Å²) in [6, 6.07) is 0. The van der Waals surface area contributed by atoms with Crippen molar-refractivity contribution in [1.29, 1.82) is 0 Å². The van der Waals surface area contributed by atoms with Gasteiger partial charge in [-0.1, -0.05) is 0 Å². The van der Waals surface area contributed by atoms with Crippen molar-refractivity contribution in [2.24, 2.45) is 0 Å². The van der Waals surface area contributed by atoms with Crippen molar-refractivity contribution in [2.45, 2.75) is 12.2 Å². The van der Waals surface area contributed by atoms with Gasteiger partial charge in [-0.15, -0.1) is 0 Å². The molecule has 0 heterocycles. The second-order valence-corrected chi connectivity index (χ2v) is 2.03. The van der Waals surface area contributed by atoms with E-state index in [9.17, 15) is 19.8 Å². The summed E-state index contributed by atoms with van der Waals surface area (Å²) in [5.41, 5.74) is 0. The van der Waals surface area contributed by atoms with Crippen LogP contribution in [0.3, 0.4) is 0 Å². The average molecular weight is 266 g/mol. The molecule has 0 aliphatic carbocycles. The van der Waals surface area contributed by atoms with E-state index < -0.39 is 37.4 Å². The van der Waals surface area contributed by atoms with E-state index >= 15 is 0 Å². The maximum absolute atomic E-state index is 9.41. The van der Waals surface area contributed by atoms with Crippen LogP contribution >= 0.6 is 0 Å². The average Bonchev–Trinajstić information content (AvgIpc) is 2.15. The van der Waals surface area contributed by atoms with E-state index in [1.165, 1.54) is 0 Å². The van der Waals surface area contributed by atoms with Crippen LogP contribution in [0.4, 0.5) is 0 Å². The van der Waals surface area contributed by atoms with Gasteiger partial charge in [0.2, 0.25) is 0 Å². The minimum absolute atomic E-state index is 0. The standard InChI is InChI=1S/2C3H6O4.Fe/c2*4-1-2(5)3(6)7;/h2*2,4-5H,1H2,(H,6,7);/q;;+2/p-2. The van der Waals surface area contributed by atoms with Crippen molar-refractivity contribution in [1.82, 2.24) is 0 Å². The Morgan fingerprint density at radius 2 is 1.13 bits per heavy atom. The molecule has 15 heavy (non-hydrogen) atoms. The predicted octanol–water partition coefficient (Wildman–Crippen LogP) is -5.82. The Balaban J connectivity index is -0.000000180. The molecule has 2 atom stereocenters. The Hall–Kier alpha value is -0.701. The molecular formula is C6H10FeO8. The summed E-state index contributed by atoms with van der Waals surface area (Å²) < 4.78 is 0. The van der Waals surface area contributed by atoms with E-state index in [0.717, 1.165) is 0 Å². The van der Waals surface area contributed by atoms with Crippen molar-refractivity contribution < 1.29 is 57.3 Å². The number of carbonyl (C=O) groups excluding carboxylic acids is 2. The van der Waals surface area contributed by atoms with Crippen LogP contribution in [0.1, 0.15) is 0 Å². The van der Waals surface area contributed by atoms with Gasteiger partial charge in [0.05, 0.1) is 25.2 Å². The molecule has 4 N–H and O–H groups in total. The molecule has 0 aromatic heterocycles. The topological polar surface area (TPSA) is 161 Å². The first kappa shape index (κ1) is 19.8. The van der Waals surface area contributed by atoms with E-state index in [-0.39, 0.29) is 17.1 Å². The molecule has 90 valence electrons. The van der Waals surface area contributed by atoms with Crippen LogP contribution in [0.25, 0.3) is 0 Å². The van der Waals surface area contributed by atoms with Gasteiger partial charge in [0.15, 0.2) is 0 Å². The SMILES string of the molecule is O=C([O-])C(O)CO.O=C([O-])C(O)CO.[Fe+2]. The molecule has 0 aromatic rings. The van der Waals surface area contributed by atoms with Crippen LogP contribution < -0.4 is 10.2 Å². The zero-order chi connectivity index (χ0) is 11.7. The molecular weight excluding hydrogens is 256 g/mol. The monoisotopic (exact) mass is 266 g/mol. The summed E-state index contributed by atoms with van der Waals surface area (Å²) in [5.74, 6) is -3.30. The molecule has 0 fully saturated rings. The normalized spacial score (nSPS) is 12.5. The summed E-state index contributed by atoms with van der Waals surface area (Å²) in [5, 5.41) is 50.5. The fourth-order valence-electron chi connectivity index (χ4n) is 0.149. The Labute approximate surface area is 95.3 Å². The number of aliphatic hydroxyl groups is 4. The Bertz CT molecular complexity index is 164. The Morgan fingerprint density at radius 1 is 0.933 bits per heavy atom. The second-order valence-electron chi connectivity index (χ2n) is 2.03. The summed E-state index contributed by atoms with van der Waals surface area (Å²) in [4.78, 5) is 18.8. The quantitative estimate of drug-likeness (QED) is 0.366. The fraction of sp³-hybridized carbons (Fsp3) is 0.667. The third-order valence-electron chi connectivity index (χ3n) is 0.890. The Morgan fingerprint density at radius 3 is 1.13 bits per heavy atom. The minimum Gasteiger partial charge on any atom is -0.547 e. The summed E-state index contributed by atoms with van der Waals surface area (Å²) >= 11 is 0. The van der Waals surface area contributed by atoms with E-state index in [0.29, 0.717) is 0 Å². The molecule has 0 aliphatic heterocycles. The number of aliphatic hydroxyl groups excluding tert-OH is 4. The van der Waals surface area contributed by atoms with Crippen LogP contribution in [-0.2, 0) is 26.7 Å². The molecule has 2 unspecified atom stereocenters. The molecule has 0 radical (unpaired) electrons. The molecule has 0 rings (SSSR count). The van der Waals surface area contributed by atoms with E-state index in [1.807, 2.05) is 0 Å². The van der Waals surface area contributed by atoms with Gasteiger partial charge in [0.1, 0.15) is 12.2 Å². The number of carboxylic acid groups (broad SMARTS) is 2. The van der Waals surface area contributed by atoms with Crippen LogP contribution in [0.15, 0.2) is 0 Å². The molecule has 8 nitrogen and oxygen atoms in total. The molecule has 0 aliphatic rings. The first-order chi connectivity index (χ1) is 6.36. The van der Waals surface area contributed by atoms with Gasteiger partial charge in [-0.2, -0.15) is 0 Å². The van der Waals surface area contributed by atoms with Crippen molar-refractivity contribution in [3.8, 4) is 0 Å². The molecule has 0 bridgehead atoms. The van der Waals surface area contributed by atoms with E-state index in [1.54, 1.807) is 0 Å². The minimum atomic E-state index is -1.74. The van der Waals surface area contributed by atoms with Crippen molar-refractivity contribution in [3.63, 3.8) is 0 Å². The largest absolute Gasteiger partial charge is 2.00 e. The van der Waals surface area contributed by atoms with Gasteiger partial charge >= 0.3 is 17.1 Å². The number of hydrogen-bond acceptors (Lipinski definition) is 8. The van der Waals surface area contributed by atoms with Crippen LogP contribution in [0.2, 0.25) is 0 Å². The molecule has 0 saturated heterocycles. The molecule has 0 spiro atoms. The summed E-state index contributed by atoms with van der Waals surface area (Å²) in [7, 11) is 0. The van der Waals surface area contributed by atoms with Gasteiger partial charge in [-0.05, 0) is 0 Å². The third kappa shape index (κ3) is 13.3. The number of hydrogen-bond donors (Lipinski definition) is 4. The zero-order valence-corrected chi connectivity index (χ0v) is 8.45. The van der Waals surface area contributed by atoms with E-state index in [2.05, 4.69) is 0 Å². The van der Waals surface area contributed by atoms with Crippen LogP contribution in [0.5, 0.6) is 0 Å². The van der Waals surface area contributed by atoms with Crippen LogP contribution in [-0.4, -0.2) is 57.8 Å². The smallest absolute Gasteiger partial charge is 0.547 e. The fourth-order valence-corrected chi connectivity index (χ4v) is 0.149. The number of rotatable bonds is 4. The van der Waals surface area contributed by atoms with Gasteiger partial charge in [0, 0.05) is 0 Å². The Kier molecular flexibility index (Phi) is 15.0. The van der Waals surface area contributed by atoms with Crippen molar-refractivity contribution in [3.05, 3.63) is 0 Å². The van der Waals surface area contributed by atoms with Crippen LogP contribution in [0, 0.1) is 0 Å². The van der Waals surface area contributed by atoms with E-state index in [4.69, 9.17) is 20.4 Å². The number of aliphatic carboxylic acids is 2. The first-order valence-electron chi connectivity index (χ1n) is 3.36. The summed E-state index contributed by atoms with van der Waals surface area (Å²) in [6.07, 6.45) is -3.47. The van der Waals surface area contributed by atoms with Gasteiger partial charge < -0.3 is 40.2 Å². The van der Waals surface area contributed by atoms with Crippen molar-refractivity contribution >= 4 is 11.9 Å². The van der Waals surface area contributed by atoms with Gasteiger partial charge in [0.25, 0.3) is 0 Å². The number of carboxylic acids is 2. The van der Waals surface area contributed by atoms with Gasteiger partial charge in [-0.3, -0.25) is 0 Å². The van der Waals surface area contributed by atoms with Crippen molar-refractivity contribution in [2.75, 3.05) is 13.2 Å². The third-order valence-corrected chi connectivity index (χ3v) is 0.890. The first-order valence-corrected chi connectivity index (χ1v) is 3.36. The predicted molar refractivity (Wildman–Crippen MR) is 36.2 cm³/mol. The van der Waals surface area contributed by atoms with Gasteiger partial charge in [-0.25, -0.2) is 0 Å². The summed E-state index contributed by atoms with van der Waals surface area (Å²) in [6.45, 7) is -1.58. The maximum Gasteiger partial charge on any atom is 2.00 e. The second kappa shape index (κ2) is 11.4. The molecule has 0 saturated carbocycles. The molecule has 9 heteroatoms.